The van der Waals surface area contributed by atoms with Crippen molar-refractivity contribution in [2.75, 3.05) is 32.4 Å². The monoisotopic (exact) mass is 462 g/mol. The van der Waals surface area contributed by atoms with Gasteiger partial charge in [-0.15, -0.1) is 0 Å². The van der Waals surface area contributed by atoms with Crippen molar-refractivity contribution >= 4 is 21.9 Å². The van der Waals surface area contributed by atoms with Crippen molar-refractivity contribution in [2.24, 2.45) is 0 Å². The van der Waals surface area contributed by atoms with E-state index in [-0.39, 0.29) is 6.42 Å². The Morgan fingerprint density at radius 2 is 1.53 bits per heavy atom. The van der Waals surface area contributed by atoms with Crippen molar-refractivity contribution in [3.8, 4) is 11.1 Å². The number of carbonyl (C=O) groups is 1. The first kappa shape index (κ1) is 25.8. The number of quaternary nitrogens is 1. The molecule has 0 radical (unpaired) electrons. The Hall–Kier alpha value is -2.42. The second-order valence-corrected chi connectivity index (χ2v) is 10.7. The van der Waals surface area contributed by atoms with Crippen LogP contribution in [-0.4, -0.2) is 57.7 Å². The number of carboxylic acids is 1. The third kappa shape index (κ3) is 9.38. The number of benzene rings is 2. The average molecular weight is 463 g/mol. The molecule has 0 amide bonds. The maximum Gasteiger partial charge on any atom is 0.305 e. The smallest absolute Gasteiger partial charge is 0.305 e. The van der Waals surface area contributed by atoms with E-state index in [4.69, 9.17) is 5.11 Å². The lowest BCUT2D eigenvalue weighted by Gasteiger charge is -2.29. The summed E-state index contributed by atoms with van der Waals surface area (Å²) in [5.74, 6) is -1.05. The number of anilines is 1. The molecule has 0 bridgehead atoms. The van der Waals surface area contributed by atoms with Crippen LogP contribution in [0.25, 0.3) is 11.1 Å². The summed E-state index contributed by atoms with van der Waals surface area (Å²) in [7, 11) is 1.73. The summed E-state index contributed by atoms with van der Waals surface area (Å²) in [4.78, 5) is 11.1. The first-order valence-corrected chi connectivity index (χ1v) is 12.5. The molecule has 1 atom stereocenters. The molecule has 0 saturated carbocycles. The van der Waals surface area contributed by atoms with Gasteiger partial charge in [0.2, 0.25) is 0 Å². The highest BCUT2D eigenvalue weighted by molar-refractivity contribution is 7.90. The minimum Gasteiger partial charge on any atom is -0.481 e. The van der Waals surface area contributed by atoms with Gasteiger partial charge in [-0.05, 0) is 41.7 Å². The van der Waals surface area contributed by atoms with Gasteiger partial charge in [-0.2, -0.15) is 13.1 Å². The summed E-state index contributed by atoms with van der Waals surface area (Å²) in [6.45, 7) is 2.54. The molecule has 2 aromatic carbocycles. The molecule has 0 aromatic heterocycles. The molecule has 0 fully saturated rings. The van der Waals surface area contributed by atoms with Crippen LogP contribution < -0.4 is 9.44 Å². The van der Waals surface area contributed by atoms with Crippen molar-refractivity contribution in [2.45, 2.75) is 45.1 Å². The van der Waals surface area contributed by atoms with Crippen LogP contribution in [0.4, 0.5) is 5.69 Å². The van der Waals surface area contributed by atoms with Crippen LogP contribution in [-0.2, 0) is 21.4 Å². The Morgan fingerprint density at radius 1 is 0.969 bits per heavy atom. The van der Waals surface area contributed by atoms with Crippen LogP contribution in [0.15, 0.2) is 48.5 Å². The number of carboxylic acid groups (broad SMARTS) is 1. The van der Waals surface area contributed by atoms with Gasteiger partial charge in [-0.1, -0.05) is 56.2 Å². The number of nitrogens with one attached hydrogen (secondary N) is 2. The summed E-state index contributed by atoms with van der Waals surface area (Å²) in [6.07, 6.45) is 4.43. The van der Waals surface area contributed by atoms with Crippen LogP contribution in [0.1, 0.15) is 38.2 Å². The number of nitrogens with zero attached hydrogens (tertiary/aromatic N) is 1. The van der Waals surface area contributed by atoms with Crippen LogP contribution in [0.2, 0.25) is 0 Å². The molecule has 32 heavy (non-hydrogen) atoms. The Morgan fingerprint density at radius 3 is 2.03 bits per heavy atom. The molecule has 0 aliphatic carbocycles. The van der Waals surface area contributed by atoms with Crippen molar-refractivity contribution < 1.29 is 22.8 Å². The quantitative estimate of drug-likeness (QED) is 0.311. The fraction of sp³-hybridized carbons (Fsp3) is 0.458. The molecule has 0 unspecified atom stereocenters. The zero-order valence-electron chi connectivity index (χ0n) is 19.5. The van der Waals surface area contributed by atoms with Gasteiger partial charge >= 0.3 is 5.97 Å². The number of unbranched alkanes of at least 4 members (excludes halogenated alkanes) is 2. The van der Waals surface area contributed by atoms with Crippen LogP contribution in [0.5, 0.6) is 0 Å². The van der Waals surface area contributed by atoms with Gasteiger partial charge in [-0.3, -0.25) is 9.52 Å². The SMILES string of the molecule is CCCCCc1ccc(-c2ccc(NS(=O)(=O)N[C@H](CC(=O)O)C[N+](C)(C)C)cc2)cc1. The third-order valence-corrected chi connectivity index (χ3v) is 6.15. The van der Waals surface area contributed by atoms with Gasteiger partial charge in [0, 0.05) is 5.69 Å². The summed E-state index contributed by atoms with van der Waals surface area (Å²) in [6, 6.07) is 14.9. The minimum absolute atomic E-state index is 0.288. The van der Waals surface area contributed by atoms with E-state index in [9.17, 15) is 13.2 Å². The van der Waals surface area contributed by atoms with E-state index in [1.165, 1.54) is 24.8 Å². The molecule has 0 spiro atoms. The minimum atomic E-state index is -3.92. The lowest BCUT2D eigenvalue weighted by Crippen LogP contribution is -2.50. The predicted molar refractivity (Wildman–Crippen MR) is 130 cm³/mol. The number of rotatable bonds is 13. The van der Waals surface area contributed by atoms with Crippen molar-refractivity contribution in [3.05, 3.63) is 54.1 Å². The van der Waals surface area contributed by atoms with E-state index in [2.05, 4.69) is 40.6 Å². The molecule has 0 aliphatic heterocycles. The molecule has 3 N–H and O–H groups in total. The van der Waals surface area contributed by atoms with E-state index in [0.29, 0.717) is 16.7 Å². The average Bonchev–Trinajstić information content (AvgIpc) is 2.67. The number of hydrogen-bond acceptors (Lipinski definition) is 3. The second-order valence-electron chi connectivity index (χ2n) is 9.22. The lowest BCUT2D eigenvalue weighted by atomic mass is 10.0. The topological polar surface area (TPSA) is 95.5 Å². The largest absolute Gasteiger partial charge is 0.481 e. The normalized spacial score (nSPS) is 13.0. The van der Waals surface area contributed by atoms with Gasteiger partial charge in [0.15, 0.2) is 0 Å². The van der Waals surface area contributed by atoms with Crippen LogP contribution in [0.3, 0.4) is 0 Å². The lowest BCUT2D eigenvalue weighted by molar-refractivity contribution is -0.871. The van der Waals surface area contributed by atoms with Crippen molar-refractivity contribution in [1.29, 1.82) is 0 Å². The highest BCUT2D eigenvalue weighted by Gasteiger charge is 2.25. The van der Waals surface area contributed by atoms with E-state index in [0.717, 1.165) is 17.5 Å². The zero-order chi connectivity index (χ0) is 23.8. The highest BCUT2D eigenvalue weighted by atomic mass is 32.2. The van der Waals surface area contributed by atoms with E-state index < -0.39 is 22.2 Å². The molecule has 7 nitrogen and oxygen atoms in total. The van der Waals surface area contributed by atoms with E-state index in [1.54, 1.807) is 12.1 Å². The highest BCUT2D eigenvalue weighted by Crippen LogP contribution is 2.23. The van der Waals surface area contributed by atoms with Gasteiger partial charge in [0.05, 0.1) is 40.2 Å². The first-order valence-electron chi connectivity index (χ1n) is 11.0. The molecule has 8 heteroatoms. The van der Waals surface area contributed by atoms with Gasteiger partial charge in [0.1, 0.15) is 0 Å². The fourth-order valence-electron chi connectivity index (χ4n) is 3.59. The summed E-state index contributed by atoms with van der Waals surface area (Å²) >= 11 is 0. The van der Waals surface area contributed by atoms with Gasteiger partial charge in [-0.25, -0.2) is 0 Å². The summed E-state index contributed by atoms with van der Waals surface area (Å²) in [5.41, 5.74) is 3.80. The van der Waals surface area contributed by atoms with Crippen molar-refractivity contribution in [1.82, 2.24) is 4.72 Å². The molecular formula is C24H36N3O4S+. The molecule has 0 heterocycles. The third-order valence-electron chi connectivity index (χ3n) is 5.00. The Balaban J connectivity index is 2.03. The standard InChI is InChI=1S/C24H35N3O4S/c1-5-6-7-8-19-9-11-20(12-10-19)21-13-15-22(16-14-21)25-32(30,31)26-23(17-24(28)29)18-27(2,3)4/h9-16,23,25-26H,5-8,17-18H2,1-4H3/p+1/t23-/m1/s1. The van der Waals surface area contributed by atoms with Gasteiger partial charge < -0.3 is 9.59 Å². The predicted octanol–water partition coefficient (Wildman–Crippen LogP) is 3.88. The molecular weight excluding hydrogens is 426 g/mol. The summed E-state index contributed by atoms with van der Waals surface area (Å²) < 4.78 is 30.5. The Labute approximate surface area is 192 Å². The van der Waals surface area contributed by atoms with Crippen LogP contribution >= 0.6 is 0 Å². The van der Waals surface area contributed by atoms with Crippen LogP contribution in [0, 0.1) is 0 Å². The maximum atomic E-state index is 12.6. The molecule has 2 aromatic rings. The second kappa shape index (κ2) is 11.4. The molecule has 0 aliphatic rings. The van der Waals surface area contributed by atoms with Crippen molar-refractivity contribution in [3.63, 3.8) is 0 Å². The fourth-order valence-corrected chi connectivity index (χ4v) is 4.70. The zero-order valence-corrected chi connectivity index (χ0v) is 20.3. The first-order chi connectivity index (χ1) is 15.0. The van der Waals surface area contributed by atoms with Gasteiger partial charge in [0.25, 0.3) is 10.2 Å². The van der Waals surface area contributed by atoms with E-state index >= 15 is 0 Å². The Kier molecular flexibility index (Phi) is 9.24. The molecule has 176 valence electrons. The number of aryl methyl sites for hydroxylation is 1. The number of hydrogen-bond donors (Lipinski definition) is 3. The van der Waals surface area contributed by atoms with E-state index in [1.807, 2.05) is 33.3 Å². The maximum absolute atomic E-state index is 12.6. The summed E-state index contributed by atoms with van der Waals surface area (Å²) in [5, 5.41) is 9.11. The number of aliphatic carboxylic acids is 1. The molecule has 2 rings (SSSR count). The molecule has 0 saturated heterocycles. The number of likely N-dealkylation sites (N-methyl/N-ethyl adjacent to an activating group) is 1. The Bertz CT molecular complexity index is 966.